The number of amides is 2. The molecule has 0 saturated heterocycles. The first-order chi connectivity index (χ1) is 19.1. The van der Waals surface area contributed by atoms with Crippen LogP contribution in [0.25, 0.3) is 21.9 Å². The van der Waals surface area contributed by atoms with Crippen molar-refractivity contribution in [3.05, 3.63) is 65.5 Å². The molecule has 2 amide bonds. The number of nitrogens with zero attached hydrogens (tertiary/aromatic N) is 3. The van der Waals surface area contributed by atoms with Gasteiger partial charge in [0.15, 0.2) is 5.82 Å². The van der Waals surface area contributed by atoms with Crippen LogP contribution in [-0.2, 0) is 29.0 Å². The number of para-hydroxylation sites is 1. The molecule has 0 aliphatic carbocycles. The molecule has 212 valence electrons. The molecule has 0 aliphatic rings. The molecule has 40 heavy (non-hydrogen) atoms. The first kappa shape index (κ1) is 28.8. The molecular formula is C30H39N7O3. The average molecular weight is 546 g/mol. The van der Waals surface area contributed by atoms with Gasteiger partial charge in [-0.3, -0.25) is 4.79 Å². The molecule has 10 heteroatoms. The maximum Gasteiger partial charge on any atom is 0.407 e. The van der Waals surface area contributed by atoms with Crippen molar-refractivity contribution in [2.75, 3.05) is 12.3 Å². The van der Waals surface area contributed by atoms with E-state index in [9.17, 15) is 9.59 Å². The zero-order valence-electron chi connectivity index (χ0n) is 23.7. The van der Waals surface area contributed by atoms with Crippen molar-refractivity contribution < 1.29 is 14.3 Å². The number of rotatable bonds is 10. The van der Waals surface area contributed by atoms with Crippen LogP contribution in [0.1, 0.15) is 57.5 Å². The molecule has 0 radical (unpaired) electrons. The van der Waals surface area contributed by atoms with E-state index in [-0.39, 0.29) is 12.5 Å². The highest BCUT2D eigenvalue weighted by Crippen LogP contribution is 2.30. The number of aromatic nitrogens is 3. The second kappa shape index (κ2) is 12.3. The third kappa shape index (κ3) is 7.06. The van der Waals surface area contributed by atoms with E-state index in [1.54, 1.807) is 20.8 Å². The summed E-state index contributed by atoms with van der Waals surface area (Å²) in [5, 5.41) is 6.38. The Morgan fingerprint density at radius 3 is 2.42 bits per heavy atom. The Bertz CT molecular complexity index is 1490. The first-order valence-corrected chi connectivity index (χ1v) is 13.7. The lowest BCUT2D eigenvalue weighted by atomic mass is 10.1. The average Bonchev–Trinajstić information content (AvgIpc) is 3.27. The Morgan fingerprint density at radius 1 is 1.02 bits per heavy atom. The van der Waals surface area contributed by atoms with Crippen molar-refractivity contribution in [2.24, 2.45) is 5.73 Å². The van der Waals surface area contributed by atoms with Gasteiger partial charge in [-0.25, -0.2) is 14.8 Å². The van der Waals surface area contributed by atoms with Crippen molar-refractivity contribution in [3.8, 4) is 0 Å². The third-order valence-electron chi connectivity index (χ3n) is 6.48. The van der Waals surface area contributed by atoms with Gasteiger partial charge in [0.2, 0.25) is 5.91 Å². The Hall–Kier alpha value is -4.18. The summed E-state index contributed by atoms with van der Waals surface area (Å²) in [7, 11) is 0. The number of hydrogen-bond donors (Lipinski definition) is 4. The van der Waals surface area contributed by atoms with E-state index in [0.717, 1.165) is 58.2 Å². The molecule has 2 aromatic carbocycles. The van der Waals surface area contributed by atoms with Crippen LogP contribution in [0.15, 0.2) is 48.5 Å². The molecule has 4 rings (SSSR count). The number of imidazole rings is 1. The number of hydrogen-bond acceptors (Lipinski definition) is 7. The number of nitrogens with two attached hydrogens (primary N) is 2. The second-order valence-corrected chi connectivity index (χ2v) is 11.0. The van der Waals surface area contributed by atoms with Gasteiger partial charge in [0, 0.05) is 31.4 Å². The highest BCUT2D eigenvalue weighted by molar-refractivity contribution is 6.06. The normalized spacial score (nSPS) is 12.4. The summed E-state index contributed by atoms with van der Waals surface area (Å²) in [6, 6.07) is 15.2. The predicted octanol–water partition coefficient (Wildman–Crippen LogP) is 4.03. The number of ether oxygens (including phenoxy) is 1. The zero-order chi connectivity index (χ0) is 28.9. The second-order valence-electron chi connectivity index (χ2n) is 11.0. The number of nitrogen functional groups attached to an aromatic ring is 1. The van der Waals surface area contributed by atoms with Crippen LogP contribution in [0.5, 0.6) is 0 Å². The molecule has 0 saturated carbocycles. The minimum absolute atomic E-state index is 0.0202. The van der Waals surface area contributed by atoms with E-state index in [1.165, 1.54) is 0 Å². The van der Waals surface area contributed by atoms with Crippen molar-refractivity contribution in [1.82, 2.24) is 25.2 Å². The summed E-state index contributed by atoms with van der Waals surface area (Å²) in [5.74, 6) is 1.08. The van der Waals surface area contributed by atoms with Crippen LogP contribution in [0, 0.1) is 0 Å². The molecule has 0 bridgehead atoms. The largest absolute Gasteiger partial charge is 0.444 e. The Kier molecular flexibility index (Phi) is 8.89. The third-order valence-corrected chi connectivity index (χ3v) is 6.48. The summed E-state index contributed by atoms with van der Waals surface area (Å²) >= 11 is 0. The molecule has 0 unspecified atom stereocenters. The van der Waals surface area contributed by atoms with Crippen molar-refractivity contribution in [1.29, 1.82) is 0 Å². The molecule has 0 fully saturated rings. The number of nitrogens with one attached hydrogen (secondary N) is 2. The van der Waals surface area contributed by atoms with Gasteiger partial charge in [-0.15, -0.1) is 0 Å². The van der Waals surface area contributed by atoms with Crippen LogP contribution in [0.3, 0.4) is 0 Å². The highest BCUT2D eigenvalue weighted by atomic mass is 16.6. The summed E-state index contributed by atoms with van der Waals surface area (Å²) in [4.78, 5) is 33.7. The summed E-state index contributed by atoms with van der Waals surface area (Å²) in [6.45, 7) is 8.40. The standard InChI is InChI=1S/C30H39N7O3/c1-5-6-11-24-36-25-26(21-9-7-8-10-23(21)35-27(25)32)37(24)18-20-14-12-19(13-15-20)16-33-28(38)22(31)17-34-29(39)40-30(2,3)4/h7-10,12-15,22H,5-6,11,16-18,31H2,1-4H3,(H2,32,35)(H,33,38)(H,34,39)/t22-/m0/s1. The Balaban J connectivity index is 1.44. The van der Waals surface area contributed by atoms with Gasteiger partial charge in [0.05, 0.1) is 11.0 Å². The van der Waals surface area contributed by atoms with Crippen LogP contribution in [-0.4, -0.2) is 44.7 Å². The fraction of sp³-hybridized carbons (Fsp3) is 0.400. The van der Waals surface area contributed by atoms with Gasteiger partial charge in [-0.05, 0) is 44.4 Å². The van der Waals surface area contributed by atoms with Crippen molar-refractivity contribution in [3.63, 3.8) is 0 Å². The lowest BCUT2D eigenvalue weighted by Gasteiger charge is -2.20. The predicted molar refractivity (Wildman–Crippen MR) is 158 cm³/mol. The molecule has 0 aliphatic heterocycles. The molecule has 2 heterocycles. The molecule has 4 aromatic rings. The smallest absolute Gasteiger partial charge is 0.407 e. The van der Waals surface area contributed by atoms with E-state index in [1.807, 2.05) is 42.5 Å². The number of carbonyl (C=O) groups is 2. The number of alkyl carbamates (subject to hydrolysis) is 1. The molecule has 10 nitrogen and oxygen atoms in total. The van der Waals surface area contributed by atoms with Gasteiger partial charge < -0.3 is 31.4 Å². The SMILES string of the molecule is CCCCc1nc2c(N)nc3ccccc3c2n1Cc1ccc(CNC(=O)[C@@H](N)CNC(=O)OC(C)(C)C)cc1. The minimum Gasteiger partial charge on any atom is -0.444 e. The van der Waals surface area contributed by atoms with Gasteiger partial charge >= 0.3 is 6.09 Å². The van der Waals surface area contributed by atoms with Crippen molar-refractivity contribution >= 4 is 39.8 Å². The van der Waals surface area contributed by atoms with Crippen LogP contribution < -0.4 is 22.1 Å². The maximum absolute atomic E-state index is 12.4. The fourth-order valence-corrected chi connectivity index (χ4v) is 4.47. The summed E-state index contributed by atoms with van der Waals surface area (Å²) < 4.78 is 7.42. The summed E-state index contributed by atoms with van der Waals surface area (Å²) in [6.07, 6.45) is 2.34. The summed E-state index contributed by atoms with van der Waals surface area (Å²) in [5.41, 5.74) is 16.3. The van der Waals surface area contributed by atoms with Crippen LogP contribution in [0.2, 0.25) is 0 Å². The van der Waals surface area contributed by atoms with Crippen LogP contribution >= 0.6 is 0 Å². The quantitative estimate of drug-likeness (QED) is 0.235. The van der Waals surface area contributed by atoms with Crippen LogP contribution in [0.4, 0.5) is 10.6 Å². The monoisotopic (exact) mass is 545 g/mol. The highest BCUT2D eigenvalue weighted by Gasteiger charge is 2.20. The molecular weight excluding hydrogens is 506 g/mol. The number of aryl methyl sites for hydroxylation is 1. The number of fused-ring (bicyclic) bond motifs is 3. The topological polar surface area (TPSA) is 150 Å². The number of unbranched alkanes of at least 4 members (excludes halogenated alkanes) is 1. The van der Waals surface area contributed by atoms with Gasteiger partial charge in [-0.1, -0.05) is 55.8 Å². The number of carbonyl (C=O) groups excluding carboxylic acids is 2. The molecule has 1 atom stereocenters. The Labute approximate surface area is 234 Å². The van der Waals surface area contributed by atoms with Crippen molar-refractivity contribution in [2.45, 2.75) is 71.7 Å². The van der Waals surface area contributed by atoms with E-state index in [2.05, 4.69) is 33.2 Å². The first-order valence-electron chi connectivity index (χ1n) is 13.7. The van der Waals surface area contributed by atoms with E-state index < -0.39 is 17.7 Å². The van der Waals surface area contributed by atoms with Gasteiger partial charge in [0.1, 0.15) is 23.0 Å². The van der Waals surface area contributed by atoms with Gasteiger partial charge in [0.25, 0.3) is 0 Å². The fourth-order valence-electron chi connectivity index (χ4n) is 4.47. The maximum atomic E-state index is 12.4. The number of benzene rings is 2. The molecule has 6 N–H and O–H groups in total. The zero-order valence-corrected chi connectivity index (χ0v) is 23.7. The lowest BCUT2D eigenvalue weighted by molar-refractivity contribution is -0.122. The Morgan fingerprint density at radius 2 is 1.73 bits per heavy atom. The molecule has 0 spiro atoms. The number of pyridine rings is 1. The number of anilines is 1. The van der Waals surface area contributed by atoms with E-state index in [4.69, 9.17) is 21.2 Å². The van der Waals surface area contributed by atoms with Gasteiger partial charge in [-0.2, -0.15) is 0 Å². The lowest BCUT2D eigenvalue weighted by Crippen LogP contribution is -2.48. The minimum atomic E-state index is -0.889. The van der Waals surface area contributed by atoms with E-state index >= 15 is 0 Å². The molecule has 2 aromatic heterocycles. The van der Waals surface area contributed by atoms with E-state index in [0.29, 0.717) is 18.9 Å².